The quantitative estimate of drug-likeness (QED) is 0.650. The summed E-state index contributed by atoms with van der Waals surface area (Å²) >= 11 is 0. The molecule has 3 rings (SSSR count). The number of rotatable bonds is 5. The van der Waals surface area contributed by atoms with Crippen LogP contribution in [-0.4, -0.2) is 32.6 Å². The Balaban J connectivity index is 1.56. The molecule has 0 atom stereocenters. The van der Waals surface area contributed by atoms with Gasteiger partial charge in [-0.25, -0.2) is 4.98 Å². The van der Waals surface area contributed by atoms with Gasteiger partial charge in [0, 0.05) is 30.1 Å². The number of aromatic nitrogens is 4. The van der Waals surface area contributed by atoms with Crippen LogP contribution in [0.15, 0.2) is 36.8 Å². The molecule has 102 valence electrons. The van der Waals surface area contributed by atoms with Gasteiger partial charge in [0.15, 0.2) is 0 Å². The lowest BCUT2D eigenvalue weighted by Crippen LogP contribution is -2.27. The number of para-hydroxylation sites is 1. The Hall–Kier alpha value is -2.63. The minimum atomic E-state index is 0.00858. The van der Waals surface area contributed by atoms with Crippen molar-refractivity contribution in [1.29, 1.82) is 0 Å². The molecule has 0 aliphatic heterocycles. The number of amides is 1. The van der Waals surface area contributed by atoms with Gasteiger partial charge in [-0.2, -0.15) is 5.10 Å². The lowest BCUT2D eigenvalue weighted by molar-refractivity contribution is -0.120. The minimum Gasteiger partial charge on any atom is -0.361 e. The molecule has 6 nitrogen and oxygen atoms in total. The SMILES string of the molecule is O=C(Cc1c[nH]c2ccccc12)NCCc1ncn[nH]1. The van der Waals surface area contributed by atoms with Crippen LogP contribution in [0.3, 0.4) is 0 Å². The Bertz CT molecular complexity index is 701. The van der Waals surface area contributed by atoms with Crippen LogP contribution in [0.4, 0.5) is 0 Å². The van der Waals surface area contributed by atoms with Gasteiger partial charge in [0.25, 0.3) is 0 Å². The lowest BCUT2D eigenvalue weighted by Gasteiger charge is -2.03. The second-order valence-corrected chi connectivity index (χ2v) is 4.57. The van der Waals surface area contributed by atoms with Crippen LogP contribution in [0, 0.1) is 0 Å². The van der Waals surface area contributed by atoms with Gasteiger partial charge in [-0.15, -0.1) is 0 Å². The third kappa shape index (κ3) is 2.69. The highest BCUT2D eigenvalue weighted by molar-refractivity contribution is 5.88. The normalized spacial score (nSPS) is 10.8. The third-order valence-electron chi connectivity index (χ3n) is 3.17. The van der Waals surface area contributed by atoms with E-state index in [-0.39, 0.29) is 5.91 Å². The first-order valence-corrected chi connectivity index (χ1v) is 6.49. The average Bonchev–Trinajstić information content (AvgIpc) is 3.09. The first-order chi connectivity index (χ1) is 9.83. The molecule has 0 radical (unpaired) electrons. The molecule has 0 spiro atoms. The number of hydrogen-bond donors (Lipinski definition) is 3. The Morgan fingerprint density at radius 1 is 1.30 bits per heavy atom. The van der Waals surface area contributed by atoms with Gasteiger partial charge in [-0.05, 0) is 11.6 Å². The van der Waals surface area contributed by atoms with Crippen LogP contribution in [-0.2, 0) is 17.6 Å². The maximum atomic E-state index is 11.9. The number of nitrogens with zero attached hydrogens (tertiary/aromatic N) is 2. The van der Waals surface area contributed by atoms with Gasteiger partial charge in [0.2, 0.25) is 5.91 Å². The van der Waals surface area contributed by atoms with Crippen LogP contribution in [0.5, 0.6) is 0 Å². The zero-order chi connectivity index (χ0) is 13.8. The predicted octanol–water partition coefficient (Wildman–Crippen LogP) is 1.19. The molecule has 0 bridgehead atoms. The van der Waals surface area contributed by atoms with Gasteiger partial charge in [-0.1, -0.05) is 18.2 Å². The number of hydrogen-bond acceptors (Lipinski definition) is 3. The van der Waals surface area contributed by atoms with Gasteiger partial charge in [0.1, 0.15) is 12.2 Å². The van der Waals surface area contributed by atoms with Crippen molar-refractivity contribution in [2.45, 2.75) is 12.8 Å². The Morgan fingerprint density at radius 2 is 2.20 bits per heavy atom. The van der Waals surface area contributed by atoms with Crippen LogP contribution in [0.2, 0.25) is 0 Å². The molecular formula is C14H15N5O. The fraction of sp³-hybridized carbons (Fsp3) is 0.214. The molecule has 2 heterocycles. The Labute approximate surface area is 115 Å². The topological polar surface area (TPSA) is 86.5 Å². The summed E-state index contributed by atoms with van der Waals surface area (Å²) in [4.78, 5) is 19.1. The zero-order valence-electron chi connectivity index (χ0n) is 10.9. The molecule has 3 aromatic rings. The van der Waals surface area contributed by atoms with Gasteiger partial charge < -0.3 is 10.3 Å². The van der Waals surface area contributed by atoms with E-state index in [0.717, 1.165) is 22.3 Å². The fourth-order valence-electron chi connectivity index (χ4n) is 2.18. The molecule has 0 aliphatic rings. The van der Waals surface area contributed by atoms with E-state index in [1.165, 1.54) is 6.33 Å². The van der Waals surface area contributed by atoms with Crippen LogP contribution in [0.1, 0.15) is 11.4 Å². The van der Waals surface area contributed by atoms with Crippen molar-refractivity contribution in [3.8, 4) is 0 Å². The number of nitrogens with one attached hydrogen (secondary N) is 3. The van der Waals surface area contributed by atoms with E-state index in [2.05, 4.69) is 25.5 Å². The summed E-state index contributed by atoms with van der Waals surface area (Å²) in [6, 6.07) is 7.96. The van der Waals surface area contributed by atoms with Gasteiger partial charge >= 0.3 is 0 Å². The van der Waals surface area contributed by atoms with Crippen molar-refractivity contribution < 1.29 is 4.79 Å². The standard InChI is InChI=1S/C14H15N5O/c20-14(15-6-5-13-17-9-18-19-13)7-10-8-16-12-4-2-1-3-11(10)12/h1-4,8-9,16H,5-7H2,(H,15,20)(H,17,18,19). The summed E-state index contributed by atoms with van der Waals surface area (Å²) in [5.41, 5.74) is 2.06. The van der Waals surface area contributed by atoms with Crippen molar-refractivity contribution in [1.82, 2.24) is 25.5 Å². The van der Waals surface area contributed by atoms with E-state index in [9.17, 15) is 4.79 Å². The molecule has 0 fully saturated rings. The first-order valence-electron chi connectivity index (χ1n) is 6.49. The number of carbonyl (C=O) groups excluding carboxylic acids is 1. The minimum absolute atomic E-state index is 0.00858. The molecule has 2 aromatic heterocycles. The molecule has 1 amide bonds. The first kappa shape index (κ1) is 12.4. The van der Waals surface area contributed by atoms with E-state index in [1.54, 1.807) is 0 Å². The van der Waals surface area contributed by atoms with E-state index in [0.29, 0.717) is 19.4 Å². The third-order valence-corrected chi connectivity index (χ3v) is 3.17. The number of H-pyrrole nitrogens is 2. The molecule has 0 aliphatic carbocycles. The van der Waals surface area contributed by atoms with Crippen LogP contribution < -0.4 is 5.32 Å². The van der Waals surface area contributed by atoms with Gasteiger partial charge in [-0.3, -0.25) is 9.89 Å². The fourth-order valence-corrected chi connectivity index (χ4v) is 2.18. The number of carbonyl (C=O) groups is 1. The highest BCUT2D eigenvalue weighted by Crippen LogP contribution is 2.17. The summed E-state index contributed by atoms with van der Waals surface area (Å²) in [7, 11) is 0. The second-order valence-electron chi connectivity index (χ2n) is 4.57. The molecular weight excluding hydrogens is 254 g/mol. The largest absolute Gasteiger partial charge is 0.361 e. The Morgan fingerprint density at radius 3 is 3.05 bits per heavy atom. The summed E-state index contributed by atoms with van der Waals surface area (Å²) in [6.45, 7) is 0.552. The molecule has 1 aromatic carbocycles. The number of benzene rings is 1. The summed E-state index contributed by atoms with van der Waals surface area (Å²) in [6.07, 6.45) is 4.38. The van der Waals surface area contributed by atoms with E-state index in [1.807, 2.05) is 30.5 Å². The highest BCUT2D eigenvalue weighted by Gasteiger charge is 2.08. The highest BCUT2D eigenvalue weighted by atomic mass is 16.1. The maximum absolute atomic E-state index is 11.9. The van der Waals surface area contributed by atoms with Crippen molar-refractivity contribution in [3.63, 3.8) is 0 Å². The Kier molecular flexibility index (Phi) is 3.45. The number of aromatic amines is 2. The van der Waals surface area contributed by atoms with Crippen molar-refractivity contribution in [2.24, 2.45) is 0 Å². The van der Waals surface area contributed by atoms with E-state index < -0.39 is 0 Å². The summed E-state index contributed by atoms with van der Waals surface area (Å²) in [5.74, 6) is 0.784. The van der Waals surface area contributed by atoms with Crippen molar-refractivity contribution in [2.75, 3.05) is 6.54 Å². The summed E-state index contributed by atoms with van der Waals surface area (Å²) in [5, 5.41) is 10.5. The zero-order valence-corrected chi connectivity index (χ0v) is 10.9. The van der Waals surface area contributed by atoms with E-state index in [4.69, 9.17) is 0 Å². The monoisotopic (exact) mass is 269 g/mol. The lowest BCUT2D eigenvalue weighted by atomic mass is 10.1. The molecule has 0 saturated heterocycles. The molecule has 6 heteroatoms. The van der Waals surface area contributed by atoms with Gasteiger partial charge in [0.05, 0.1) is 6.42 Å². The molecule has 0 unspecified atom stereocenters. The average molecular weight is 269 g/mol. The smallest absolute Gasteiger partial charge is 0.224 e. The van der Waals surface area contributed by atoms with E-state index >= 15 is 0 Å². The molecule has 3 N–H and O–H groups in total. The predicted molar refractivity (Wildman–Crippen MR) is 75.1 cm³/mol. The number of fused-ring (bicyclic) bond motifs is 1. The maximum Gasteiger partial charge on any atom is 0.224 e. The second kappa shape index (κ2) is 5.56. The summed E-state index contributed by atoms with van der Waals surface area (Å²) < 4.78 is 0. The van der Waals surface area contributed by atoms with Crippen molar-refractivity contribution >= 4 is 16.8 Å². The van der Waals surface area contributed by atoms with Crippen molar-refractivity contribution in [3.05, 3.63) is 48.2 Å². The van der Waals surface area contributed by atoms with Crippen LogP contribution in [0.25, 0.3) is 10.9 Å². The van der Waals surface area contributed by atoms with Crippen LogP contribution >= 0.6 is 0 Å². The molecule has 0 saturated carbocycles. The molecule has 20 heavy (non-hydrogen) atoms.